The Morgan fingerprint density at radius 2 is 1.96 bits per heavy atom. The molecule has 0 aliphatic carbocycles. The third-order valence-electron chi connectivity index (χ3n) is 3.93. The number of hydrogen-bond donors (Lipinski definition) is 2. The number of pyridine rings is 2. The molecule has 0 unspecified atom stereocenters. The average molecular weight is 338 g/mol. The van der Waals surface area contributed by atoms with Crippen LogP contribution >= 0.6 is 0 Å². The Morgan fingerprint density at radius 1 is 1.16 bits per heavy atom. The normalized spacial score (nSPS) is 10.7. The quantitative estimate of drug-likeness (QED) is 0.767. The van der Waals surface area contributed by atoms with Crippen LogP contribution in [0.3, 0.4) is 0 Å². The van der Waals surface area contributed by atoms with E-state index in [4.69, 9.17) is 0 Å². The monoisotopic (exact) mass is 338 g/mol. The van der Waals surface area contributed by atoms with Gasteiger partial charge < -0.3 is 19.9 Å². The summed E-state index contributed by atoms with van der Waals surface area (Å²) in [7, 11) is 3.79. The van der Waals surface area contributed by atoms with Crippen molar-refractivity contribution in [1.82, 2.24) is 19.7 Å². The molecule has 3 aromatic rings. The lowest BCUT2D eigenvalue weighted by Gasteiger charge is -2.17. The summed E-state index contributed by atoms with van der Waals surface area (Å²) in [6, 6.07) is 9.28. The summed E-state index contributed by atoms with van der Waals surface area (Å²) in [4.78, 5) is 23.1. The van der Waals surface area contributed by atoms with Gasteiger partial charge in [-0.3, -0.25) is 0 Å². The van der Waals surface area contributed by atoms with Crippen molar-refractivity contribution in [1.29, 1.82) is 0 Å². The van der Waals surface area contributed by atoms with Crippen LogP contribution in [0.5, 0.6) is 0 Å². The highest BCUT2D eigenvalue weighted by Gasteiger charge is 2.12. The first-order valence-electron chi connectivity index (χ1n) is 8.08. The number of aromatic nitrogens is 3. The van der Waals surface area contributed by atoms with Crippen LogP contribution in [0.4, 0.5) is 16.3 Å². The lowest BCUT2D eigenvalue weighted by atomic mass is 10.3. The molecule has 3 rings (SSSR count). The van der Waals surface area contributed by atoms with Gasteiger partial charge in [0.05, 0.1) is 23.6 Å². The average Bonchev–Trinajstić information content (AvgIpc) is 2.89. The molecule has 3 aromatic heterocycles. The Hall–Kier alpha value is -3.09. The molecule has 0 aliphatic rings. The predicted octanol–water partition coefficient (Wildman–Crippen LogP) is 2.73. The lowest BCUT2D eigenvalue weighted by Crippen LogP contribution is -2.30. The number of rotatable bonds is 4. The highest BCUT2D eigenvalue weighted by molar-refractivity contribution is 5.92. The van der Waals surface area contributed by atoms with Crippen molar-refractivity contribution in [2.45, 2.75) is 20.4 Å². The Bertz CT molecular complexity index is 915. The fourth-order valence-corrected chi connectivity index (χ4v) is 2.69. The minimum atomic E-state index is -0.279. The van der Waals surface area contributed by atoms with Gasteiger partial charge >= 0.3 is 6.03 Å². The second-order valence-electron chi connectivity index (χ2n) is 6.10. The van der Waals surface area contributed by atoms with Crippen LogP contribution in [-0.4, -0.2) is 34.5 Å². The van der Waals surface area contributed by atoms with E-state index in [2.05, 4.69) is 20.6 Å². The van der Waals surface area contributed by atoms with Crippen LogP contribution in [0.15, 0.2) is 36.5 Å². The Balaban J connectivity index is 1.72. The number of aryl methyl sites for hydroxylation is 2. The van der Waals surface area contributed by atoms with E-state index >= 15 is 0 Å². The molecule has 0 aromatic carbocycles. The number of nitrogens with zero attached hydrogens (tertiary/aromatic N) is 4. The van der Waals surface area contributed by atoms with E-state index in [0.717, 1.165) is 28.5 Å². The summed E-state index contributed by atoms with van der Waals surface area (Å²) in [5.74, 6) is 0.723. The molecular weight excluding hydrogens is 316 g/mol. The Morgan fingerprint density at radius 3 is 2.72 bits per heavy atom. The van der Waals surface area contributed by atoms with Crippen molar-refractivity contribution in [3.8, 4) is 0 Å². The molecule has 130 valence electrons. The molecule has 7 heteroatoms. The van der Waals surface area contributed by atoms with E-state index < -0.39 is 0 Å². The number of hydrogen-bond acceptors (Lipinski definition) is 4. The number of imidazole rings is 1. The zero-order valence-corrected chi connectivity index (χ0v) is 14.9. The van der Waals surface area contributed by atoms with Crippen molar-refractivity contribution in [2.24, 2.45) is 0 Å². The molecule has 2 N–H and O–H groups in total. The summed E-state index contributed by atoms with van der Waals surface area (Å²) in [6.45, 7) is 4.25. The number of anilines is 2. The number of carbonyl (C=O) groups excluding carboxylic acids is 1. The maximum atomic E-state index is 12.3. The molecule has 3 heterocycles. The maximum absolute atomic E-state index is 12.3. The molecule has 0 aliphatic heterocycles. The van der Waals surface area contributed by atoms with Crippen molar-refractivity contribution in [3.05, 3.63) is 53.6 Å². The molecule has 0 saturated heterocycles. The first-order chi connectivity index (χ1) is 12.0. The largest absolute Gasteiger partial charge is 0.361 e. The molecule has 0 bridgehead atoms. The molecule has 2 amide bonds. The van der Waals surface area contributed by atoms with Crippen LogP contribution in [0, 0.1) is 13.8 Å². The van der Waals surface area contributed by atoms with Crippen LogP contribution < -0.4 is 15.5 Å². The van der Waals surface area contributed by atoms with E-state index in [1.807, 2.05) is 73.8 Å². The second-order valence-corrected chi connectivity index (χ2v) is 6.10. The van der Waals surface area contributed by atoms with Gasteiger partial charge in [0, 0.05) is 26.0 Å². The van der Waals surface area contributed by atoms with Crippen LogP contribution in [0.1, 0.15) is 17.1 Å². The Labute approximate surface area is 146 Å². The van der Waals surface area contributed by atoms with Gasteiger partial charge in [0.2, 0.25) is 0 Å². The summed E-state index contributed by atoms with van der Waals surface area (Å²) in [5.41, 5.74) is 4.30. The zero-order chi connectivity index (χ0) is 18.0. The van der Waals surface area contributed by atoms with Crippen LogP contribution in [0.2, 0.25) is 0 Å². The second kappa shape index (κ2) is 6.80. The summed E-state index contributed by atoms with van der Waals surface area (Å²) >= 11 is 0. The van der Waals surface area contributed by atoms with Gasteiger partial charge in [0.15, 0.2) is 5.82 Å². The number of nitrogens with one attached hydrogen (secondary N) is 2. The SMILES string of the molecule is Cc1ccc(NC(=O)NCc2c(C)nc3ccccn23)c(N(C)C)n1. The van der Waals surface area contributed by atoms with Crippen LogP contribution in [-0.2, 0) is 6.54 Å². The van der Waals surface area contributed by atoms with Gasteiger partial charge in [-0.1, -0.05) is 6.07 Å². The fraction of sp³-hybridized carbons (Fsp3) is 0.278. The van der Waals surface area contributed by atoms with E-state index in [0.29, 0.717) is 12.2 Å². The van der Waals surface area contributed by atoms with Crippen LogP contribution in [0.25, 0.3) is 5.65 Å². The first kappa shape index (κ1) is 16.8. The maximum Gasteiger partial charge on any atom is 0.319 e. The number of carbonyl (C=O) groups is 1. The number of amides is 2. The molecular formula is C18H22N6O. The molecule has 0 atom stereocenters. The predicted molar refractivity (Wildman–Crippen MR) is 99.1 cm³/mol. The third-order valence-corrected chi connectivity index (χ3v) is 3.93. The van der Waals surface area contributed by atoms with E-state index in [1.165, 1.54) is 0 Å². The molecule has 25 heavy (non-hydrogen) atoms. The minimum absolute atomic E-state index is 0.279. The van der Waals surface area contributed by atoms with Gasteiger partial charge in [0.25, 0.3) is 0 Å². The van der Waals surface area contributed by atoms with Gasteiger partial charge in [-0.2, -0.15) is 0 Å². The summed E-state index contributed by atoms with van der Waals surface area (Å²) in [5, 5.41) is 5.76. The first-order valence-corrected chi connectivity index (χ1v) is 8.08. The molecule has 0 fully saturated rings. The topological polar surface area (TPSA) is 74.6 Å². The molecule has 0 saturated carbocycles. The van der Waals surface area contributed by atoms with E-state index in [9.17, 15) is 4.79 Å². The minimum Gasteiger partial charge on any atom is -0.361 e. The van der Waals surface area contributed by atoms with Gasteiger partial charge in [-0.25, -0.2) is 14.8 Å². The number of urea groups is 1. The van der Waals surface area contributed by atoms with Gasteiger partial charge in [0.1, 0.15) is 5.65 Å². The highest BCUT2D eigenvalue weighted by Crippen LogP contribution is 2.21. The Kier molecular flexibility index (Phi) is 4.56. The van der Waals surface area contributed by atoms with Gasteiger partial charge in [-0.05, 0) is 38.1 Å². The van der Waals surface area contributed by atoms with Crippen molar-refractivity contribution < 1.29 is 4.79 Å². The molecule has 7 nitrogen and oxygen atoms in total. The smallest absolute Gasteiger partial charge is 0.319 e. The van der Waals surface area contributed by atoms with Crippen molar-refractivity contribution in [2.75, 3.05) is 24.3 Å². The zero-order valence-electron chi connectivity index (χ0n) is 14.9. The summed E-state index contributed by atoms with van der Waals surface area (Å²) < 4.78 is 1.98. The highest BCUT2D eigenvalue weighted by atomic mass is 16.2. The standard InChI is InChI=1S/C18H22N6O/c1-12-8-9-14(17(20-12)23(3)4)22-18(25)19-11-15-13(2)21-16-7-5-6-10-24(15)16/h5-10H,11H2,1-4H3,(H2,19,22,25). The van der Waals surface area contributed by atoms with Gasteiger partial charge in [-0.15, -0.1) is 0 Å². The van der Waals surface area contributed by atoms with E-state index in [1.54, 1.807) is 0 Å². The fourth-order valence-electron chi connectivity index (χ4n) is 2.69. The van der Waals surface area contributed by atoms with Crippen molar-refractivity contribution in [3.63, 3.8) is 0 Å². The van der Waals surface area contributed by atoms with Crippen molar-refractivity contribution >= 4 is 23.2 Å². The lowest BCUT2D eigenvalue weighted by molar-refractivity contribution is 0.251. The third kappa shape index (κ3) is 3.55. The molecule has 0 radical (unpaired) electrons. The molecule has 0 spiro atoms. The number of fused-ring (bicyclic) bond motifs is 1. The summed E-state index contributed by atoms with van der Waals surface area (Å²) in [6.07, 6.45) is 1.94. The van der Waals surface area contributed by atoms with E-state index in [-0.39, 0.29) is 6.03 Å².